The molecule has 0 aliphatic carbocycles. The van der Waals surface area contributed by atoms with Gasteiger partial charge >= 0.3 is 0 Å². The van der Waals surface area contributed by atoms with E-state index in [1.165, 1.54) is 7.11 Å². The Kier molecular flexibility index (Phi) is 2.86. The molecule has 1 aromatic carbocycles. The van der Waals surface area contributed by atoms with Crippen LogP contribution in [0, 0.1) is 0 Å². The molecule has 2 nitrogen and oxygen atoms in total. The maximum absolute atomic E-state index is 11.4. The SMILES string of the molecule is COc1ccccc1COF. The van der Waals surface area contributed by atoms with Gasteiger partial charge in [-0.3, -0.25) is 0 Å². The number of methoxy groups -OCH3 is 1. The van der Waals surface area contributed by atoms with Gasteiger partial charge in [0, 0.05) is 5.56 Å². The van der Waals surface area contributed by atoms with Crippen molar-refractivity contribution in [3.05, 3.63) is 29.8 Å². The molecule has 60 valence electrons. The molecule has 11 heavy (non-hydrogen) atoms. The topological polar surface area (TPSA) is 18.5 Å². The third-order valence-corrected chi connectivity index (χ3v) is 1.40. The van der Waals surface area contributed by atoms with E-state index >= 15 is 0 Å². The van der Waals surface area contributed by atoms with Crippen molar-refractivity contribution in [1.29, 1.82) is 0 Å². The number of hydrogen-bond acceptors (Lipinski definition) is 2. The van der Waals surface area contributed by atoms with Gasteiger partial charge in [0.15, 0.2) is 0 Å². The molecule has 0 aromatic heterocycles. The molecule has 0 saturated heterocycles. The van der Waals surface area contributed by atoms with Crippen molar-refractivity contribution in [3.8, 4) is 5.75 Å². The van der Waals surface area contributed by atoms with Crippen LogP contribution in [0.25, 0.3) is 0 Å². The predicted molar refractivity (Wildman–Crippen MR) is 38.9 cm³/mol. The highest BCUT2D eigenvalue weighted by atomic mass is 19.3. The van der Waals surface area contributed by atoms with Crippen LogP contribution in [-0.2, 0) is 11.5 Å². The summed E-state index contributed by atoms with van der Waals surface area (Å²) in [6, 6.07) is 7.13. The highest BCUT2D eigenvalue weighted by Gasteiger charge is 1.99. The molecule has 0 aliphatic rings. The van der Waals surface area contributed by atoms with E-state index in [2.05, 4.69) is 4.94 Å². The molecule has 0 aliphatic heterocycles. The Labute approximate surface area is 64.5 Å². The average Bonchev–Trinajstić information content (AvgIpc) is 2.06. The van der Waals surface area contributed by atoms with Crippen LogP contribution >= 0.6 is 0 Å². The highest BCUT2D eigenvalue weighted by Crippen LogP contribution is 2.17. The maximum Gasteiger partial charge on any atom is 0.124 e. The summed E-state index contributed by atoms with van der Waals surface area (Å²) in [5, 5.41) is 0. The van der Waals surface area contributed by atoms with E-state index in [9.17, 15) is 4.53 Å². The largest absolute Gasteiger partial charge is 0.496 e. The lowest BCUT2D eigenvalue weighted by molar-refractivity contribution is -0.144. The molecule has 0 N–H and O–H groups in total. The van der Waals surface area contributed by atoms with Crippen LogP contribution in [0.3, 0.4) is 0 Å². The second-order valence-electron chi connectivity index (χ2n) is 2.07. The van der Waals surface area contributed by atoms with Crippen molar-refractivity contribution in [2.24, 2.45) is 0 Å². The number of benzene rings is 1. The fourth-order valence-corrected chi connectivity index (χ4v) is 0.881. The first kappa shape index (κ1) is 8.01. The minimum Gasteiger partial charge on any atom is -0.496 e. The average molecular weight is 156 g/mol. The van der Waals surface area contributed by atoms with Gasteiger partial charge in [-0.05, 0) is 10.6 Å². The molecule has 0 unspecified atom stereocenters. The summed E-state index contributed by atoms with van der Waals surface area (Å²) in [7, 11) is 1.54. The number of rotatable bonds is 3. The van der Waals surface area contributed by atoms with Gasteiger partial charge in [-0.2, -0.15) is 4.94 Å². The van der Waals surface area contributed by atoms with Crippen molar-refractivity contribution in [2.75, 3.05) is 7.11 Å². The van der Waals surface area contributed by atoms with Crippen molar-refractivity contribution in [1.82, 2.24) is 0 Å². The molecule has 0 atom stereocenters. The Hall–Kier alpha value is -1.09. The van der Waals surface area contributed by atoms with Crippen LogP contribution in [-0.4, -0.2) is 7.11 Å². The van der Waals surface area contributed by atoms with Crippen molar-refractivity contribution in [3.63, 3.8) is 0 Å². The lowest BCUT2D eigenvalue weighted by atomic mass is 10.2. The summed E-state index contributed by atoms with van der Waals surface area (Å²) in [6.45, 7) is -0.0655. The minimum absolute atomic E-state index is 0.0655. The first-order valence-corrected chi connectivity index (χ1v) is 3.24. The van der Waals surface area contributed by atoms with Gasteiger partial charge in [0.2, 0.25) is 0 Å². The Morgan fingerprint density at radius 1 is 1.36 bits per heavy atom. The third kappa shape index (κ3) is 1.91. The zero-order valence-electron chi connectivity index (χ0n) is 6.21. The lowest BCUT2D eigenvalue weighted by Gasteiger charge is -2.04. The molecule has 1 rings (SSSR count). The van der Waals surface area contributed by atoms with Gasteiger partial charge in [-0.1, -0.05) is 18.2 Å². The van der Waals surface area contributed by atoms with Crippen molar-refractivity contribution >= 4 is 0 Å². The standard InChI is InChI=1S/C8H9FO2/c1-10-8-5-3-2-4-7(8)6-11-9/h2-5H,6H2,1H3. The molecule has 0 spiro atoms. The van der Waals surface area contributed by atoms with E-state index in [0.29, 0.717) is 11.3 Å². The van der Waals surface area contributed by atoms with E-state index in [4.69, 9.17) is 4.74 Å². The summed E-state index contributed by atoms with van der Waals surface area (Å²) in [4.78, 5) is 3.49. The first-order valence-electron chi connectivity index (χ1n) is 3.24. The van der Waals surface area contributed by atoms with Crippen molar-refractivity contribution < 1.29 is 14.2 Å². The molecule has 0 fully saturated rings. The van der Waals surface area contributed by atoms with E-state index < -0.39 is 0 Å². The quantitative estimate of drug-likeness (QED) is 0.667. The molecule has 0 heterocycles. The monoisotopic (exact) mass is 156 g/mol. The van der Waals surface area contributed by atoms with E-state index in [-0.39, 0.29) is 6.61 Å². The molecule has 1 aromatic rings. The second-order valence-corrected chi connectivity index (χ2v) is 2.07. The fraction of sp³-hybridized carbons (Fsp3) is 0.250. The Morgan fingerprint density at radius 3 is 2.73 bits per heavy atom. The summed E-state index contributed by atoms with van der Waals surface area (Å²) in [5.41, 5.74) is 0.706. The summed E-state index contributed by atoms with van der Waals surface area (Å²) in [5.74, 6) is 0.644. The van der Waals surface area contributed by atoms with Crippen LogP contribution < -0.4 is 4.74 Å². The number of para-hydroxylation sites is 1. The molecular weight excluding hydrogens is 147 g/mol. The zero-order valence-corrected chi connectivity index (χ0v) is 6.21. The van der Waals surface area contributed by atoms with Gasteiger partial charge in [-0.25, -0.2) is 0 Å². The number of ether oxygens (including phenoxy) is 1. The Morgan fingerprint density at radius 2 is 2.09 bits per heavy atom. The molecule has 3 heteroatoms. The Balaban J connectivity index is 2.83. The van der Waals surface area contributed by atoms with Crippen LogP contribution in [0.1, 0.15) is 5.56 Å². The second kappa shape index (κ2) is 3.93. The van der Waals surface area contributed by atoms with Gasteiger partial charge in [-0.15, -0.1) is 0 Å². The normalized spacial score (nSPS) is 9.64. The lowest BCUT2D eigenvalue weighted by Crippen LogP contribution is -1.91. The van der Waals surface area contributed by atoms with Crippen LogP contribution in [0.15, 0.2) is 24.3 Å². The smallest absolute Gasteiger partial charge is 0.124 e. The van der Waals surface area contributed by atoms with Gasteiger partial charge in [0.25, 0.3) is 0 Å². The Bertz CT molecular complexity index is 225. The van der Waals surface area contributed by atoms with Crippen LogP contribution in [0.2, 0.25) is 0 Å². The third-order valence-electron chi connectivity index (χ3n) is 1.40. The summed E-state index contributed by atoms with van der Waals surface area (Å²) >= 11 is 0. The zero-order chi connectivity index (χ0) is 8.10. The van der Waals surface area contributed by atoms with E-state index in [0.717, 1.165) is 0 Å². The summed E-state index contributed by atoms with van der Waals surface area (Å²) < 4.78 is 16.4. The van der Waals surface area contributed by atoms with Crippen molar-refractivity contribution in [2.45, 2.75) is 6.61 Å². The molecule has 0 amide bonds. The van der Waals surface area contributed by atoms with Gasteiger partial charge in [0.05, 0.1) is 7.11 Å². The predicted octanol–water partition coefficient (Wildman–Crippen LogP) is 2.10. The fourth-order valence-electron chi connectivity index (χ4n) is 0.881. The molecule has 0 radical (unpaired) electrons. The molecular formula is C8H9FO2. The van der Waals surface area contributed by atoms with Gasteiger partial charge < -0.3 is 4.74 Å². The number of halogens is 1. The highest BCUT2D eigenvalue weighted by molar-refractivity contribution is 5.32. The molecule has 0 saturated carbocycles. The maximum atomic E-state index is 11.4. The number of hydrogen-bond donors (Lipinski definition) is 0. The summed E-state index contributed by atoms with van der Waals surface area (Å²) in [6.07, 6.45) is 0. The first-order chi connectivity index (χ1) is 5.38. The molecule has 0 bridgehead atoms. The minimum atomic E-state index is -0.0655. The van der Waals surface area contributed by atoms with Crippen LogP contribution in [0.4, 0.5) is 4.53 Å². The van der Waals surface area contributed by atoms with Crippen LogP contribution in [0.5, 0.6) is 5.75 Å². The van der Waals surface area contributed by atoms with Gasteiger partial charge in [0.1, 0.15) is 12.4 Å². The van der Waals surface area contributed by atoms with E-state index in [1.54, 1.807) is 18.2 Å². The van der Waals surface area contributed by atoms with E-state index in [1.807, 2.05) is 6.07 Å².